The Morgan fingerprint density at radius 1 is 0.667 bits per heavy atom. The Labute approximate surface area is 222 Å². The summed E-state index contributed by atoms with van der Waals surface area (Å²) in [5, 5.41) is 5.23. The molecular weight excluding hydrogens is 522 g/mol. The molecule has 3 rings (SSSR count). The maximum Gasteiger partial charge on any atom is 0.417 e. The summed E-state index contributed by atoms with van der Waals surface area (Å²) in [5.74, 6) is -1.13. The topological polar surface area (TPSA) is 58.2 Å². The molecule has 3 aromatic carbocycles. The van der Waals surface area contributed by atoms with E-state index >= 15 is 0 Å². The zero-order valence-electron chi connectivity index (χ0n) is 21.9. The second kappa shape index (κ2) is 10.7. The predicted octanol–water partition coefficient (Wildman–Crippen LogP) is 8.69. The Morgan fingerprint density at radius 3 is 1.54 bits per heavy atom. The van der Waals surface area contributed by atoms with Crippen molar-refractivity contribution in [2.45, 2.75) is 52.5 Å². The van der Waals surface area contributed by atoms with Crippen LogP contribution in [0.2, 0.25) is 0 Å². The first-order valence-corrected chi connectivity index (χ1v) is 12.0. The fourth-order valence-electron chi connectivity index (χ4n) is 3.94. The first-order chi connectivity index (χ1) is 17.9. The Kier molecular flexibility index (Phi) is 8.19. The van der Waals surface area contributed by atoms with Gasteiger partial charge in [-0.3, -0.25) is 9.59 Å². The molecule has 39 heavy (non-hydrogen) atoms. The van der Waals surface area contributed by atoms with Crippen molar-refractivity contribution >= 4 is 23.1 Å². The van der Waals surface area contributed by atoms with E-state index < -0.39 is 46.1 Å². The summed E-state index contributed by atoms with van der Waals surface area (Å²) in [7, 11) is 0. The summed E-state index contributed by atoms with van der Waals surface area (Å²) in [5.41, 5.74) is -4.12. The molecule has 0 unspecified atom stereocenters. The van der Waals surface area contributed by atoms with Crippen LogP contribution in [0.25, 0.3) is 11.1 Å². The predicted molar refractivity (Wildman–Crippen MR) is 139 cm³/mol. The van der Waals surface area contributed by atoms with E-state index in [2.05, 4.69) is 10.6 Å². The fraction of sp³-hybridized carbons (Fsp3) is 0.310. The highest BCUT2D eigenvalue weighted by Crippen LogP contribution is 2.44. The highest BCUT2D eigenvalue weighted by atomic mass is 19.4. The van der Waals surface area contributed by atoms with Crippen LogP contribution >= 0.6 is 0 Å². The van der Waals surface area contributed by atoms with Crippen LogP contribution in [0.5, 0.6) is 0 Å². The second-order valence-corrected chi connectivity index (χ2v) is 10.4. The average Bonchev–Trinajstić information content (AvgIpc) is 2.81. The summed E-state index contributed by atoms with van der Waals surface area (Å²) >= 11 is 0. The van der Waals surface area contributed by atoms with Crippen molar-refractivity contribution in [3.63, 3.8) is 0 Å². The second-order valence-electron chi connectivity index (χ2n) is 10.4. The molecule has 0 aromatic heterocycles. The van der Waals surface area contributed by atoms with Gasteiger partial charge in [0.2, 0.25) is 0 Å². The lowest BCUT2D eigenvalue weighted by molar-refractivity contribution is -0.139. The molecule has 0 atom stereocenters. The van der Waals surface area contributed by atoms with Gasteiger partial charge in [-0.1, -0.05) is 38.1 Å². The molecule has 0 spiro atoms. The van der Waals surface area contributed by atoms with Crippen molar-refractivity contribution in [2.75, 3.05) is 10.6 Å². The molecule has 0 saturated heterocycles. The van der Waals surface area contributed by atoms with E-state index in [-0.39, 0.29) is 28.6 Å². The number of benzene rings is 3. The third-order valence-corrected chi connectivity index (χ3v) is 5.67. The van der Waals surface area contributed by atoms with E-state index in [0.29, 0.717) is 11.6 Å². The van der Waals surface area contributed by atoms with Crippen LogP contribution < -0.4 is 10.6 Å². The van der Waals surface area contributed by atoms with Gasteiger partial charge >= 0.3 is 12.4 Å². The minimum Gasteiger partial charge on any atom is -0.380 e. The summed E-state index contributed by atoms with van der Waals surface area (Å²) in [4.78, 5) is 24.7. The van der Waals surface area contributed by atoms with Gasteiger partial charge in [-0.25, -0.2) is 0 Å². The minimum atomic E-state index is -5.01. The summed E-state index contributed by atoms with van der Waals surface area (Å²) in [6, 6.07) is 11.3. The van der Waals surface area contributed by atoms with Crippen LogP contribution in [-0.2, 0) is 12.4 Å². The van der Waals surface area contributed by atoms with Crippen molar-refractivity contribution in [3.8, 4) is 11.1 Å². The summed E-state index contributed by atoms with van der Waals surface area (Å²) in [6.45, 7) is 8.66. The minimum absolute atomic E-state index is 0.0919. The fourth-order valence-corrected chi connectivity index (χ4v) is 3.94. The van der Waals surface area contributed by atoms with Gasteiger partial charge < -0.3 is 10.6 Å². The lowest BCUT2D eigenvalue weighted by Crippen LogP contribution is -2.26. The molecule has 0 aliphatic heterocycles. The largest absolute Gasteiger partial charge is 0.417 e. The van der Waals surface area contributed by atoms with Crippen LogP contribution in [0.4, 0.5) is 37.7 Å². The van der Waals surface area contributed by atoms with Gasteiger partial charge in [-0.15, -0.1) is 0 Å². The Bertz CT molecular complexity index is 1370. The molecule has 3 aromatic rings. The molecule has 1 amide bonds. The van der Waals surface area contributed by atoms with E-state index in [0.717, 1.165) is 24.3 Å². The first-order valence-electron chi connectivity index (χ1n) is 12.0. The average molecular weight is 551 g/mol. The van der Waals surface area contributed by atoms with Crippen molar-refractivity contribution in [1.82, 2.24) is 0 Å². The number of hydrogen-bond donors (Lipinski definition) is 2. The Morgan fingerprint density at radius 2 is 1.10 bits per heavy atom. The zero-order chi connectivity index (χ0) is 29.3. The summed E-state index contributed by atoms with van der Waals surface area (Å²) in [6.07, 6.45) is -9.94. The number of rotatable bonds is 6. The molecule has 0 bridgehead atoms. The maximum atomic E-state index is 14.1. The van der Waals surface area contributed by atoms with Crippen molar-refractivity contribution in [3.05, 3.63) is 82.9 Å². The van der Waals surface area contributed by atoms with E-state index in [1.165, 1.54) is 30.3 Å². The highest BCUT2D eigenvalue weighted by Gasteiger charge is 2.39. The number of carbonyl (C=O) groups is 2. The summed E-state index contributed by atoms with van der Waals surface area (Å²) < 4.78 is 84.0. The van der Waals surface area contributed by atoms with Crippen LogP contribution in [0.3, 0.4) is 0 Å². The molecule has 0 fully saturated rings. The molecule has 0 aliphatic carbocycles. The van der Waals surface area contributed by atoms with Gasteiger partial charge in [-0.05, 0) is 68.3 Å². The van der Waals surface area contributed by atoms with E-state index in [9.17, 15) is 35.9 Å². The number of carbonyl (C=O) groups excluding carboxylic acids is 2. The third kappa shape index (κ3) is 7.40. The van der Waals surface area contributed by atoms with Gasteiger partial charge in [0, 0.05) is 34.0 Å². The lowest BCUT2D eigenvalue weighted by Gasteiger charge is -2.24. The Hall–Kier alpha value is -3.82. The van der Waals surface area contributed by atoms with Gasteiger partial charge in [0.05, 0.1) is 11.1 Å². The molecule has 0 heterocycles. The molecule has 0 saturated carbocycles. The molecular formula is C29H28F6N2O2. The maximum absolute atomic E-state index is 14.1. The molecule has 4 nitrogen and oxygen atoms in total. The van der Waals surface area contributed by atoms with Gasteiger partial charge in [0.15, 0.2) is 5.78 Å². The van der Waals surface area contributed by atoms with E-state index in [4.69, 9.17) is 0 Å². The van der Waals surface area contributed by atoms with Crippen molar-refractivity contribution in [2.24, 2.45) is 5.92 Å². The van der Waals surface area contributed by atoms with Gasteiger partial charge in [0.25, 0.3) is 5.91 Å². The zero-order valence-corrected chi connectivity index (χ0v) is 21.9. The molecule has 2 N–H and O–H groups in total. The van der Waals surface area contributed by atoms with Gasteiger partial charge in [-0.2, -0.15) is 26.3 Å². The van der Waals surface area contributed by atoms with Crippen molar-refractivity contribution in [1.29, 1.82) is 0 Å². The molecule has 10 heteroatoms. The van der Waals surface area contributed by atoms with Crippen molar-refractivity contribution < 1.29 is 35.9 Å². The molecule has 0 aliphatic rings. The molecule has 0 radical (unpaired) electrons. The van der Waals surface area contributed by atoms with Crippen LogP contribution in [-0.4, -0.2) is 17.2 Å². The van der Waals surface area contributed by atoms with Gasteiger partial charge in [0.1, 0.15) is 0 Å². The number of hydrogen-bond acceptors (Lipinski definition) is 3. The van der Waals surface area contributed by atoms with Crippen LogP contribution in [0, 0.1) is 5.92 Å². The Balaban J connectivity index is 2.00. The SMILES string of the molecule is CC(C)C(=O)c1ccc(C(=O)Nc2ccc(-c3ccc(NC(C)(C)C)cc3C(F)(F)F)c(C(F)(F)F)c2)cc1. The van der Waals surface area contributed by atoms with E-state index in [1.807, 2.05) is 0 Å². The highest BCUT2D eigenvalue weighted by molar-refractivity contribution is 6.05. The number of halogens is 6. The van der Waals surface area contributed by atoms with E-state index in [1.54, 1.807) is 34.6 Å². The monoisotopic (exact) mass is 550 g/mol. The number of Topliss-reactive ketones (excluding diaryl/α,β-unsaturated/α-hetero) is 1. The normalized spacial score (nSPS) is 12.4. The molecule has 208 valence electrons. The smallest absolute Gasteiger partial charge is 0.380 e. The van der Waals surface area contributed by atoms with Crippen LogP contribution in [0.1, 0.15) is 66.5 Å². The third-order valence-electron chi connectivity index (χ3n) is 5.67. The number of nitrogens with one attached hydrogen (secondary N) is 2. The number of ketones is 1. The number of amides is 1. The quantitative estimate of drug-likeness (QED) is 0.238. The lowest BCUT2D eigenvalue weighted by atomic mass is 9.93. The number of alkyl halides is 6. The first kappa shape index (κ1) is 29.7. The van der Waals surface area contributed by atoms with Crippen LogP contribution in [0.15, 0.2) is 60.7 Å². The number of anilines is 2. The standard InChI is InChI=1S/C29H28F6N2O2/c1-16(2)25(38)17-6-8-18(9-7-17)26(39)36-19-10-12-21(23(14-19)28(30,31)32)22-13-11-20(37-27(3,4)5)15-24(22)29(33,34)35/h6-16,37H,1-5H3,(H,36,39).